The third-order valence-electron chi connectivity index (χ3n) is 4.99. The molecule has 9 nitrogen and oxygen atoms in total. The predicted octanol–water partition coefficient (Wildman–Crippen LogP) is 5.31. The lowest BCUT2D eigenvalue weighted by Crippen LogP contribution is -2.30. The Balaban J connectivity index is 1.71. The van der Waals surface area contributed by atoms with Gasteiger partial charge in [0.05, 0.1) is 29.2 Å². The van der Waals surface area contributed by atoms with Crippen LogP contribution in [0.5, 0.6) is 5.75 Å². The number of sulfonamides is 1. The van der Waals surface area contributed by atoms with Crippen LogP contribution >= 0.6 is 11.6 Å². The van der Waals surface area contributed by atoms with Crippen LogP contribution in [-0.2, 0) is 16.6 Å². The van der Waals surface area contributed by atoms with Gasteiger partial charge in [0.2, 0.25) is 0 Å². The molecule has 0 saturated heterocycles. The minimum Gasteiger partial charge on any atom is -0.497 e. The van der Waals surface area contributed by atoms with Crippen molar-refractivity contribution >= 4 is 33.0 Å². The third kappa shape index (κ3) is 4.73. The molecule has 0 atom stereocenters. The number of halogens is 1. The van der Waals surface area contributed by atoms with Gasteiger partial charge in [0.15, 0.2) is 5.76 Å². The number of nitro benzene ring substituents is 1. The molecule has 34 heavy (non-hydrogen) atoms. The van der Waals surface area contributed by atoms with Crippen LogP contribution in [0.15, 0.2) is 88.3 Å². The second kappa shape index (κ2) is 9.54. The van der Waals surface area contributed by atoms with Gasteiger partial charge in [0.1, 0.15) is 16.5 Å². The minimum absolute atomic E-state index is 0.158. The van der Waals surface area contributed by atoms with E-state index >= 15 is 0 Å². The van der Waals surface area contributed by atoms with Gasteiger partial charge in [-0.2, -0.15) is 0 Å². The fourth-order valence-corrected chi connectivity index (χ4v) is 4.89. The van der Waals surface area contributed by atoms with E-state index in [0.29, 0.717) is 17.1 Å². The van der Waals surface area contributed by atoms with Crippen molar-refractivity contribution in [3.63, 3.8) is 0 Å². The van der Waals surface area contributed by atoms with Crippen LogP contribution in [0, 0.1) is 10.1 Å². The molecule has 0 fully saturated rings. The molecule has 1 heterocycles. The first kappa shape index (κ1) is 23.3. The number of rotatable bonds is 8. The van der Waals surface area contributed by atoms with Crippen molar-refractivity contribution in [2.75, 3.05) is 11.4 Å². The predicted molar refractivity (Wildman–Crippen MR) is 126 cm³/mol. The number of nitro groups is 1. The monoisotopic (exact) mass is 499 g/mol. The van der Waals surface area contributed by atoms with Gasteiger partial charge in [-0.1, -0.05) is 35.0 Å². The van der Waals surface area contributed by atoms with E-state index in [-0.39, 0.29) is 22.2 Å². The molecule has 0 radical (unpaired) electrons. The van der Waals surface area contributed by atoms with Crippen molar-refractivity contribution in [1.82, 2.24) is 5.16 Å². The van der Waals surface area contributed by atoms with Crippen LogP contribution in [0.2, 0.25) is 5.02 Å². The third-order valence-corrected chi connectivity index (χ3v) is 7.08. The van der Waals surface area contributed by atoms with Gasteiger partial charge in [-0.15, -0.1) is 0 Å². The van der Waals surface area contributed by atoms with Crippen LogP contribution in [0.25, 0.3) is 11.3 Å². The number of hydrogen-bond donors (Lipinski definition) is 0. The standard InChI is InChI=1S/C23H18ClN3O6S/c1-32-18-9-7-16(8-10-18)22-13-19(33-25-22)15-26(17-5-3-2-4-6-17)34(30,31)20-11-12-21(24)23(14-20)27(28)29/h2-14H,15H2,1H3. The highest BCUT2D eigenvalue weighted by molar-refractivity contribution is 7.92. The summed E-state index contributed by atoms with van der Waals surface area (Å²) in [4.78, 5) is 10.3. The van der Waals surface area contributed by atoms with Gasteiger partial charge in [-0.25, -0.2) is 8.42 Å². The van der Waals surface area contributed by atoms with Crippen molar-refractivity contribution in [1.29, 1.82) is 0 Å². The zero-order valence-electron chi connectivity index (χ0n) is 17.8. The first-order valence-electron chi connectivity index (χ1n) is 9.91. The Kier molecular flexibility index (Phi) is 6.53. The van der Waals surface area contributed by atoms with Gasteiger partial charge in [-0.3, -0.25) is 14.4 Å². The largest absolute Gasteiger partial charge is 0.497 e. The lowest BCUT2D eigenvalue weighted by molar-refractivity contribution is -0.384. The van der Waals surface area contributed by atoms with E-state index in [1.165, 1.54) is 12.1 Å². The number of benzene rings is 3. The highest BCUT2D eigenvalue weighted by Gasteiger charge is 2.29. The highest BCUT2D eigenvalue weighted by Crippen LogP contribution is 2.32. The Hall–Kier alpha value is -3.89. The summed E-state index contributed by atoms with van der Waals surface area (Å²) in [5.74, 6) is 0.965. The van der Waals surface area contributed by atoms with Crippen LogP contribution in [0.3, 0.4) is 0 Å². The number of anilines is 1. The van der Waals surface area contributed by atoms with Gasteiger partial charge in [-0.05, 0) is 48.5 Å². The topological polar surface area (TPSA) is 116 Å². The lowest BCUT2D eigenvalue weighted by atomic mass is 10.1. The molecule has 11 heteroatoms. The molecule has 0 unspecified atom stereocenters. The van der Waals surface area contributed by atoms with Crippen LogP contribution in [-0.4, -0.2) is 25.6 Å². The van der Waals surface area contributed by atoms with E-state index in [9.17, 15) is 18.5 Å². The number of ether oxygens (including phenoxy) is 1. The maximum atomic E-state index is 13.6. The molecular weight excluding hydrogens is 482 g/mol. The van der Waals surface area contributed by atoms with Crippen molar-refractivity contribution < 1.29 is 22.6 Å². The smallest absolute Gasteiger partial charge is 0.289 e. The van der Waals surface area contributed by atoms with E-state index in [2.05, 4.69) is 5.16 Å². The Bertz CT molecular complexity index is 1420. The van der Waals surface area contributed by atoms with Gasteiger partial charge >= 0.3 is 0 Å². The second-order valence-electron chi connectivity index (χ2n) is 7.12. The molecule has 4 aromatic rings. The molecule has 0 aliphatic rings. The zero-order valence-corrected chi connectivity index (χ0v) is 19.4. The maximum Gasteiger partial charge on any atom is 0.289 e. The normalized spacial score (nSPS) is 11.2. The van der Waals surface area contributed by atoms with Crippen molar-refractivity contribution in [2.24, 2.45) is 0 Å². The zero-order chi connectivity index (χ0) is 24.3. The van der Waals surface area contributed by atoms with Crippen LogP contribution in [0.4, 0.5) is 11.4 Å². The molecule has 0 N–H and O–H groups in total. The number of methoxy groups -OCH3 is 1. The SMILES string of the molecule is COc1ccc(-c2cc(CN(c3ccccc3)S(=O)(=O)c3ccc(Cl)c([N+](=O)[O-])c3)on2)cc1. The molecule has 0 bridgehead atoms. The van der Waals surface area contributed by atoms with Crippen LogP contribution < -0.4 is 9.04 Å². The number of aromatic nitrogens is 1. The summed E-state index contributed by atoms with van der Waals surface area (Å²) in [5.41, 5.74) is 1.13. The van der Waals surface area contributed by atoms with E-state index < -0.39 is 20.6 Å². The average Bonchev–Trinajstić information content (AvgIpc) is 3.32. The highest BCUT2D eigenvalue weighted by atomic mass is 35.5. The fraction of sp³-hybridized carbons (Fsp3) is 0.0870. The number of hydrogen-bond acceptors (Lipinski definition) is 7. The molecule has 0 aliphatic heterocycles. The molecule has 1 aromatic heterocycles. The summed E-state index contributed by atoms with van der Waals surface area (Å²) in [7, 11) is -2.66. The van der Waals surface area contributed by atoms with Crippen molar-refractivity contribution in [2.45, 2.75) is 11.4 Å². The molecule has 0 amide bonds. The summed E-state index contributed by atoms with van der Waals surface area (Å²) in [5, 5.41) is 15.2. The lowest BCUT2D eigenvalue weighted by Gasteiger charge is -2.23. The fourth-order valence-electron chi connectivity index (χ4n) is 3.26. The van der Waals surface area contributed by atoms with Gasteiger partial charge in [0, 0.05) is 17.7 Å². The first-order valence-corrected chi connectivity index (χ1v) is 11.7. The molecular formula is C23H18ClN3O6S. The Morgan fingerprint density at radius 2 is 1.76 bits per heavy atom. The van der Waals surface area contributed by atoms with Gasteiger partial charge in [0.25, 0.3) is 15.7 Å². The Morgan fingerprint density at radius 3 is 2.41 bits per heavy atom. The molecule has 0 saturated carbocycles. The number of nitrogens with zero attached hydrogens (tertiary/aromatic N) is 3. The van der Waals surface area contributed by atoms with Crippen molar-refractivity contribution in [3.8, 4) is 17.0 Å². The van der Waals surface area contributed by atoms with Gasteiger partial charge < -0.3 is 9.26 Å². The summed E-state index contributed by atoms with van der Waals surface area (Å²) in [6.07, 6.45) is 0. The molecule has 4 rings (SSSR count). The molecule has 174 valence electrons. The van der Waals surface area contributed by atoms with E-state index in [4.69, 9.17) is 20.9 Å². The quantitative estimate of drug-likeness (QED) is 0.238. The van der Waals surface area contributed by atoms with Crippen LogP contribution in [0.1, 0.15) is 5.76 Å². The summed E-state index contributed by atoms with van der Waals surface area (Å²) in [6.45, 7) is -0.189. The Morgan fingerprint density at radius 1 is 1.06 bits per heavy atom. The first-order chi connectivity index (χ1) is 16.3. The average molecular weight is 500 g/mol. The van der Waals surface area contributed by atoms with E-state index in [0.717, 1.165) is 15.9 Å². The van der Waals surface area contributed by atoms with Crippen molar-refractivity contribution in [3.05, 3.63) is 99.8 Å². The van der Waals surface area contributed by atoms with E-state index in [1.54, 1.807) is 67.8 Å². The maximum absolute atomic E-state index is 13.6. The summed E-state index contributed by atoms with van der Waals surface area (Å²) >= 11 is 5.87. The Labute approximate surface area is 200 Å². The number of para-hydroxylation sites is 1. The molecule has 0 spiro atoms. The van der Waals surface area contributed by atoms with E-state index in [1.807, 2.05) is 0 Å². The minimum atomic E-state index is -4.22. The molecule has 0 aliphatic carbocycles. The summed E-state index contributed by atoms with van der Waals surface area (Å²) < 4.78 is 38.8. The second-order valence-corrected chi connectivity index (χ2v) is 9.39. The summed E-state index contributed by atoms with van der Waals surface area (Å²) in [6, 6.07) is 20.5. The molecule has 3 aromatic carbocycles.